The minimum absolute atomic E-state index is 0.0957. The molecule has 10 heteroatoms. The van der Waals surface area contributed by atoms with Gasteiger partial charge in [-0.1, -0.05) is 19.1 Å². The normalized spacial score (nSPS) is 11.2. The summed E-state index contributed by atoms with van der Waals surface area (Å²) in [7, 11) is 0. The van der Waals surface area contributed by atoms with E-state index in [1.165, 1.54) is 12.1 Å². The van der Waals surface area contributed by atoms with Gasteiger partial charge >= 0.3 is 6.18 Å². The van der Waals surface area contributed by atoms with E-state index >= 15 is 0 Å². The van der Waals surface area contributed by atoms with E-state index in [9.17, 15) is 18.0 Å². The molecule has 1 amide bonds. The summed E-state index contributed by atoms with van der Waals surface area (Å²) in [6, 6.07) is 11.1. The summed E-state index contributed by atoms with van der Waals surface area (Å²) in [4.78, 5) is 30.1. The van der Waals surface area contributed by atoms with Crippen LogP contribution < -0.4 is 10.6 Å². The Labute approximate surface area is 199 Å². The van der Waals surface area contributed by atoms with Crippen LogP contribution in [0.25, 0.3) is 11.4 Å². The lowest BCUT2D eigenvalue weighted by atomic mass is 10.1. The molecule has 0 fully saturated rings. The monoisotopic (exact) mass is 478 g/mol. The summed E-state index contributed by atoms with van der Waals surface area (Å²) in [6.45, 7) is 3.85. The van der Waals surface area contributed by atoms with Crippen molar-refractivity contribution in [3.05, 3.63) is 89.5 Å². The fourth-order valence-corrected chi connectivity index (χ4v) is 3.39. The van der Waals surface area contributed by atoms with E-state index < -0.39 is 17.6 Å². The van der Waals surface area contributed by atoms with Crippen LogP contribution in [0.4, 0.5) is 30.5 Å². The maximum atomic E-state index is 13.0. The minimum Gasteiger partial charge on any atom is -0.324 e. The summed E-state index contributed by atoms with van der Waals surface area (Å²) >= 11 is 0. The van der Waals surface area contributed by atoms with Gasteiger partial charge in [-0.2, -0.15) is 13.2 Å². The Balaban J connectivity index is 1.55. The number of benzene rings is 2. The second kappa shape index (κ2) is 9.88. The molecule has 0 bridgehead atoms. The Morgan fingerprint density at radius 3 is 2.54 bits per heavy atom. The molecule has 2 aromatic heterocycles. The van der Waals surface area contributed by atoms with Gasteiger partial charge in [-0.05, 0) is 55.3 Å². The third-order valence-electron chi connectivity index (χ3n) is 5.20. The largest absolute Gasteiger partial charge is 0.416 e. The number of alkyl halides is 3. The van der Waals surface area contributed by atoms with Crippen LogP contribution in [0.5, 0.6) is 0 Å². The van der Waals surface area contributed by atoms with E-state index in [4.69, 9.17) is 0 Å². The van der Waals surface area contributed by atoms with Gasteiger partial charge in [0.25, 0.3) is 5.91 Å². The Kier molecular flexibility index (Phi) is 6.72. The molecular weight excluding hydrogens is 457 g/mol. The highest BCUT2D eigenvalue weighted by atomic mass is 19.4. The molecule has 2 heterocycles. The highest BCUT2D eigenvalue weighted by molar-refractivity contribution is 6.04. The molecule has 4 aromatic rings. The summed E-state index contributed by atoms with van der Waals surface area (Å²) in [5, 5.41) is 5.77. The first-order chi connectivity index (χ1) is 16.7. The number of carbonyl (C=O) groups is 1. The molecule has 0 spiro atoms. The number of aryl methyl sites for hydroxylation is 2. The molecule has 0 atom stereocenters. The lowest BCUT2D eigenvalue weighted by Crippen LogP contribution is -2.14. The van der Waals surface area contributed by atoms with Gasteiger partial charge in [-0.15, -0.1) is 0 Å². The average molecular weight is 478 g/mol. The molecule has 0 aliphatic carbocycles. The predicted molar refractivity (Wildman–Crippen MR) is 126 cm³/mol. The smallest absolute Gasteiger partial charge is 0.324 e. The minimum atomic E-state index is -4.53. The first-order valence-electron chi connectivity index (χ1n) is 10.7. The number of rotatable bonds is 6. The number of aromatic nitrogens is 4. The molecule has 0 saturated carbocycles. The highest BCUT2D eigenvalue weighted by Gasteiger charge is 2.30. The Morgan fingerprint density at radius 2 is 1.77 bits per heavy atom. The maximum Gasteiger partial charge on any atom is 0.416 e. The predicted octanol–water partition coefficient (Wildman–Crippen LogP) is 5.82. The van der Waals surface area contributed by atoms with E-state index in [2.05, 4.69) is 30.6 Å². The molecule has 0 radical (unpaired) electrons. The van der Waals surface area contributed by atoms with Crippen molar-refractivity contribution in [2.45, 2.75) is 26.4 Å². The molecule has 0 aliphatic rings. The van der Waals surface area contributed by atoms with Crippen LogP contribution in [-0.4, -0.2) is 25.8 Å². The van der Waals surface area contributed by atoms with Crippen LogP contribution in [0, 0.1) is 6.92 Å². The Morgan fingerprint density at radius 1 is 0.971 bits per heavy atom. The summed E-state index contributed by atoms with van der Waals surface area (Å²) in [5.41, 5.74) is 2.98. The van der Waals surface area contributed by atoms with Gasteiger partial charge in [-0.25, -0.2) is 9.97 Å². The number of nitrogens with zero attached hydrogens (tertiary/aromatic N) is 4. The van der Waals surface area contributed by atoms with Gasteiger partial charge < -0.3 is 10.6 Å². The molecule has 35 heavy (non-hydrogen) atoms. The Hall–Kier alpha value is -4.34. The van der Waals surface area contributed by atoms with Crippen LogP contribution in [-0.2, 0) is 12.6 Å². The quantitative estimate of drug-likeness (QED) is 0.363. The molecule has 0 unspecified atom stereocenters. The number of halogens is 3. The zero-order valence-corrected chi connectivity index (χ0v) is 18.9. The fraction of sp³-hybridized carbons (Fsp3) is 0.160. The van der Waals surface area contributed by atoms with E-state index in [1.807, 2.05) is 13.8 Å². The number of anilines is 3. The molecule has 2 aromatic carbocycles. The molecular formula is C25H21F3N6O. The van der Waals surface area contributed by atoms with Crippen LogP contribution >= 0.6 is 0 Å². The van der Waals surface area contributed by atoms with Gasteiger partial charge in [-0.3, -0.25) is 14.8 Å². The third-order valence-corrected chi connectivity index (χ3v) is 5.20. The number of hydrogen-bond acceptors (Lipinski definition) is 6. The number of nitrogens with one attached hydrogen (secondary N) is 2. The van der Waals surface area contributed by atoms with Gasteiger partial charge in [0.2, 0.25) is 5.95 Å². The van der Waals surface area contributed by atoms with Gasteiger partial charge in [0.15, 0.2) is 0 Å². The van der Waals surface area contributed by atoms with E-state index in [-0.39, 0.29) is 5.56 Å². The zero-order valence-electron chi connectivity index (χ0n) is 18.9. The molecule has 0 saturated heterocycles. The maximum absolute atomic E-state index is 13.0. The number of carbonyl (C=O) groups excluding carboxylic acids is 1. The Bertz CT molecular complexity index is 1370. The summed E-state index contributed by atoms with van der Waals surface area (Å²) in [5.74, 6) is -0.335. The van der Waals surface area contributed by atoms with Crippen molar-refractivity contribution in [1.82, 2.24) is 19.9 Å². The topological polar surface area (TPSA) is 92.7 Å². The van der Waals surface area contributed by atoms with Crippen molar-refractivity contribution in [3.8, 4) is 11.4 Å². The molecule has 2 N–H and O–H groups in total. The van der Waals surface area contributed by atoms with Gasteiger partial charge in [0.1, 0.15) is 5.69 Å². The van der Waals surface area contributed by atoms with Crippen molar-refractivity contribution in [3.63, 3.8) is 0 Å². The van der Waals surface area contributed by atoms with E-state index in [0.29, 0.717) is 35.1 Å². The van der Waals surface area contributed by atoms with Crippen LogP contribution in [0.2, 0.25) is 0 Å². The van der Waals surface area contributed by atoms with Crippen LogP contribution in [0.1, 0.15) is 34.1 Å². The lowest BCUT2D eigenvalue weighted by molar-refractivity contribution is -0.137. The zero-order chi connectivity index (χ0) is 25.0. The summed E-state index contributed by atoms with van der Waals surface area (Å²) < 4.78 is 38.9. The second-order valence-electron chi connectivity index (χ2n) is 7.66. The third kappa shape index (κ3) is 5.60. The van der Waals surface area contributed by atoms with E-state index in [1.54, 1.807) is 42.9 Å². The summed E-state index contributed by atoms with van der Waals surface area (Å²) in [6.07, 6.45) is 1.00. The molecule has 4 rings (SSSR count). The number of amides is 1. The van der Waals surface area contributed by atoms with Crippen molar-refractivity contribution in [1.29, 1.82) is 0 Å². The van der Waals surface area contributed by atoms with Crippen LogP contribution in [0.15, 0.2) is 67.1 Å². The molecule has 178 valence electrons. The van der Waals surface area contributed by atoms with Crippen molar-refractivity contribution >= 4 is 23.2 Å². The van der Waals surface area contributed by atoms with Crippen molar-refractivity contribution in [2.75, 3.05) is 10.6 Å². The first-order valence-corrected chi connectivity index (χ1v) is 10.7. The average Bonchev–Trinajstić information content (AvgIpc) is 2.85. The number of hydrogen-bond donors (Lipinski definition) is 2. The standard InChI is InChI=1S/C25H21F3N6O/c1-3-19-22(30-12-11-29-19)20-9-10-31-24(33-20)34-21-14-18(8-7-15(21)2)32-23(35)16-5-4-6-17(13-16)25(26,27)28/h4-14H,3H2,1-2H3,(H,32,35)(H,31,33,34). The molecule has 7 nitrogen and oxygen atoms in total. The van der Waals surface area contributed by atoms with Gasteiger partial charge in [0, 0.05) is 35.5 Å². The van der Waals surface area contributed by atoms with Crippen LogP contribution in [0.3, 0.4) is 0 Å². The fourth-order valence-electron chi connectivity index (χ4n) is 3.39. The second-order valence-corrected chi connectivity index (χ2v) is 7.66. The highest BCUT2D eigenvalue weighted by Crippen LogP contribution is 2.30. The molecule has 0 aliphatic heterocycles. The SMILES string of the molecule is CCc1nccnc1-c1ccnc(Nc2cc(NC(=O)c3cccc(C(F)(F)F)c3)ccc2C)n1. The van der Waals surface area contributed by atoms with Crippen molar-refractivity contribution in [2.24, 2.45) is 0 Å². The van der Waals surface area contributed by atoms with Gasteiger partial charge in [0.05, 0.1) is 17.0 Å². The van der Waals surface area contributed by atoms with Crippen molar-refractivity contribution < 1.29 is 18.0 Å². The lowest BCUT2D eigenvalue weighted by Gasteiger charge is -2.13. The first kappa shape index (κ1) is 23.8. The van der Waals surface area contributed by atoms with E-state index in [0.717, 1.165) is 23.4 Å².